The van der Waals surface area contributed by atoms with E-state index in [1.165, 1.54) is 35.2 Å². The van der Waals surface area contributed by atoms with E-state index in [2.05, 4.69) is 0 Å². The molecule has 1 amide bonds. The van der Waals surface area contributed by atoms with Gasteiger partial charge in [-0.25, -0.2) is 13.6 Å². The first-order chi connectivity index (χ1) is 11.5. The average molecular weight is 331 g/mol. The van der Waals surface area contributed by atoms with E-state index in [-0.39, 0.29) is 23.9 Å². The number of hydrogen-bond acceptors (Lipinski definition) is 3. The molecular formula is C18H15F2NO3. The van der Waals surface area contributed by atoms with E-state index in [0.717, 1.165) is 6.07 Å². The summed E-state index contributed by atoms with van der Waals surface area (Å²) in [5.74, 6) is -2.20. The number of hydrogen-bond donors (Lipinski definition) is 0. The number of carbonyl (C=O) groups excluding carboxylic acids is 2. The third-order valence-corrected chi connectivity index (χ3v) is 3.91. The van der Waals surface area contributed by atoms with Crippen molar-refractivity contribution in [3.05, 3.63) is 64.7 Å². The van der Waals surface area contributed by atoms with Crippen LogP contribution in [0.4, 0.5) is 14.5 Å². The summed E-state index contributed by atoms with van der Waals surface area (Å²) in [6.45, 7) is 2.10. The van der Waals surface area contributed by atoms with E-state index in [1.54, 1.807) is 6.92 Å². The molecule has 6 heteroatoms. The minimum Gasteiger partial charge on any atom is -0.462 e. The summed E-state index contributed by atoms with van der Waals surface area (Å²) in [6, 6.07) is 7.94. The van der Waals surface area contributed by atoms with Gasteiger partial charge in [-0.3, -0.25) is 4.79 Å². The maximum absolute atomic E-state index is 14.2. The van der Waals surface area contributed by atoms with Crippen molar-refractivity contribution in [1.29, 1.82) is 0 Å². The summed E-state index contributed by atoms with van der Waals surface area (Å²) in [6.07, 6.45) is 0.472. The second-order valence-corrected chi connectivity index (χ2v) is 5.39. The quantitative estimate of drug-likeness (QED) is 0.811. The predicted molar refractivity (Wildman–Crippen MR) is 84.1 cm³/mol. The molecule has 0 saturated heterocycles. The SMILES string of the molecule is CCOC(=O)c1ccc(N2CCc3cc(F)ccc3C2=O)cc1F. The molecule has 0 N–H and O–H groups in total. The van der Waals surface area contributed by atoms with Gasteiger partial charge >= 0.3 is 5.97 Å². The molecule has 0 bridgehead atoms. The number of fused-ring (bicyclic) bond motifs is 1. The van der Waals surface area contributed by atoms with Crippen LogP contribution >= 0.6 is 0 Å². The van der Waals surface area contributed by atoms with Crippen LogP contribution in [0, 0.1) is 11.6 Å². The van der Waals surface area contributed by atoms with E-state index >= 15 is 0 Å². The van der Waals surface area contributed by atoms with Crippen molar-refractivity contribution in [1.82, 2.24) is 0 Å². The number of benzene rings is 2. The maximum atomic E-state index is 14.2. The normalized spacial score (nSPS) is 13.6. The molecule has 0 atom stereocenters. The Kier molecular flexibility index (Phi) is 4.29. The zero-order valence-corrected chi connectivity index (χ0v) is 13.0. The van der Waals surface area contributed by atoms with Gasteiger partial charge in [0.1, 0.15) is 11.6 Å². The summed E-state index contributed by atoms with van der Waals surface area (Å²) < 4.78 is 32.2. The van der Waals surface area contributed by atoms with Crippen molar-refractivity contribution in [3.8, 4) is 0 Å². The molecular weight excluding hydrogens is 316 g/mol. The standard InChI is InChI=1S/C18H15F2NO3/c1-2-24-18(23)15-6-4-13(10-16(15)20)21-8-7-11-9-12(19)3-5-14(11)17(21)22/h3-6,9-10H,2,7-8H2,1H3. The third kappa shape index (κ3) is 2.87. The van der Waals surface area contributed by atoms with Crippen molar-refractivity contribution < 1.29 is 23.1 Å². The molecule has 124 valence electrons. The molecule has 0 saturated carbocycles. The third-order valence-electron chi connectivity index (χ3n) is 3.91. The fourth-order valence-corrected chi connectivity index (χ4v) is 2.75. The molecule has 0 unspecified atom stereocenters. The number of nitrogens with zero attached hydrogens (tertiary/aromatic N) is 1. The maximum Gasteiger partial charge on any atom is 0.341 e. The number of halogens is 2. The second kappa shape index (κ2) is 6.39. The lowest BCUT2D eigenvalue weighted by Gasteiger charge is -2.28. The van der Waals surface area contributed by atoms with Gasteiger partial charge in [-0.15, -0.1) is 0 Å². The minimum absolute atomic E-state index is 0.151. The molecule has 3 rings (SSSR count). The topological polar surface area (TPSA) is 46.6 Å². The number of ether oxygens (including phenoxy) is 1. The van der Waals surface area contributed by atoms with Crippen LogP contribution in [0.3, 0.4) is 0 Å². The first kappa shape index (κ1) is 16.1. The summed E-state index contributed by atoms with van der Waals surface area (Å²) in [4.78, 5) is 25.6. The lowest BCUT2D eigenvalue weighted by molar-refractivity contribution is 0.0521. The van der Waals surface area contributed by atoms with E-state index in [1.807, 2.05) is 0 Å². The Labute approximate surface area is 137 Å². The Bertz CT molecular complexity index is 820. The van der Waals surface area contributed by atoms with Gasteiger partial charge < -0.3 is 9.64 Å². The molecule has 2 aromatic rings. The van der Waals surface area contributed by atoms with Crippen LogP contribution in [0.25, 0.3) is 0 Å². The summed E-state index contributed by atoms with van der Waals surface area (Å²) in [5.41, 5.74) is 1.21. The monoisotopic (exact) mass is 331 g/mol. The van der Waals surface area contributed by atoms with Gasteiger partial charge in [0, 0.05) is 17.8 Å². The lowest BCUT2D eigenvalue weighted by atomic mass is 9.98. The molecule has 0 radical (unpaired) electrons. The Morgan fingerprint density at radius 1 is 1.21 bits per heavy atom. The number of rotatable bonds is 3. The highest BCUT2D eigenvalue weighted by Crippen LogP contribution is 2.26. The van der Waals surface area contributed by atoms with Gasteiger partial charge in [0.25, 0.3) is 5.91 Å². The Balaban J connectivity index is 1.90. The Morgan fingerprint density at radius 2 is 2.00 bits per heavy atom. The molecule has 2 aromatic carbocycles. The molecule has 0 aromatic heterocycles. The van der Waals surface area contributed by atoms with Crippen LogP contribution in [-0.2, 0) is 11.2 Å². The van der Waals surface area contributed by atoms with Gasteiger partial charge in [-0.1, -0.05) is 0 Å². The summed E-state index contributed by atoms with van der Waals surface area (Å²) in [5, 5.41) is 0. The van der Waals surface area contributed by atoms with Crippen molar-refractivity contribution >= 4 is 17.6 Å². The summed E-state index contributed by atoms with van der Waals surface area (Å²) >= 11 is 0. The fourth-order valence-electron chi connectivity index (χ4n) is 2.75. The minimum atomic E-state index is -0.747. The van der Waals surface area contributed by atoms with Crippen molar-refractivity contribution in [2.75, 3.05) is 18.1 Å². The van der Waals surface area contributed by atoms with Gasteiger partial charge in [0.15, 0.2) is 0 Å². The summed E-state index contributed by atoms with van der Waals surface area (Å²) in [7, 11) is 0. The van der Waals surface area contributed by atoms with Crippen LogP contribution in [0.5, 0.6) is 0 Å². The van der Waals surface area contributed by atoms with Crippen molar-refractivity contribution in [2.45, 2.75) is 13.3 Å². The second-order valence-electron chi connectivity index (χ2n) is 5.39. The van der Waals surface area contributed by atoms with E-state index < -0.39 is 11.8 Å². The van der Waals surface area contributed by atoms with Gasteiger partial charge in [-0.2, -0.15) is 0 Å². The number of amides is 1. The number of carbonyl (C=O) groups is 2. The van der Waals surface area contributed by atoms with Crippen LogP contribution in [0.2, 0.25) is 0 Å². The zero-order valence-electron chi connectivity index (χ0n) is 13.0. The number of anilines is 1. The van der Waals surface area contributed by atoms with Crippen molar-refractivity contribution in [2.24, 2.45) is 0 Å². The highest BCUT2D eigenvalue weighted by molar-refractivity contribution is 6.08. The smallest absolute Gasteiger partial charge is 0.341 e. The predicted octanol–water partition coefficient (Wildman–Crippen LogP) is 3.34. The van der Waals surface area contributed by atoms with Gasteiger partial charge in [0.2, 0.25) is 0 Å². The molecule has 24 heavy (non-hydrogen) atoms. The van der Waals surface area contributed by atoms with Crippen LogP contribution in [0.1, 0.15) is 33.2 Å². The van der Waals surface area contributed by atoms with Gasteiger partial charge in [0.05, 0.1) is 12.2 Å². The van der Waals surface area contributed by atoms with E-state index in [0.29, 0.717) is 29.8 Å². The van der Waals surface area contributed by atoms with Crippen LogP contribution in [-0.4, -0.2) is 25.0 Å². The van der Waals surface area contributed by atoms with Crippen LogP contribution in [0.15, 0.2) is 36.4 Å². The number of esters is 1. The molecule has 1 aliphatic rings. The zero-order chi connectivity index (χ0) is 17.3. The first-order valence-corrected chi connectivity index (χ1v) is 7.58. The first-order valence-electron chi connectivity index (χ1n) is 7.58. The van der Waals surface area contributed by atoms with Gasteiger partial charge in [-0.05, 0) is 55.3 Å². The Morgan fingerprint density at radius 3 is 2.71 bits per heavy atom. The van der Waals surface area contributed by atoms with Crippen LogP contribution < -0.4 is 4.90 Å². The molecule has 0 fully saturated rings. The fraction of sp³-hybridized carbons (Fsp3) is 0.222. The lowest BCUT2D eigenvalue weighted by Crippen LogP contribution is -2.37. The Hall–Kier alpha value is -2.76. The van der Waals surface area contributed by atoms with E-state index in [4.69, 9.17) is 4.74 Å². The van der Waals surface area contributed by atoms with Crippen molar-refractivity contribution in [3.63, 3.8) is 0 Å². The molecule has 0 aliphatic carbocycles. The molecule has 0 spiro atoms. The van der Waals surface area contributed by atoms with E-state index in [9.17, 15) is 18.4 Å². The molecule has 1 heterocycles. The molecule has 1 aliphatic heterocycles. The highest BCUT2D eigenvalue weighted by Gasteiger charge is 2.26. The largest absolute Gasteiger partial charge is 0.462 e. The highest BCUT2D eigenvalue weighted by atomic mass is 19.1. The average Bonchev–Trinajstić information content (AvgIpc) is 2.55. The molecule has 4 nitrogen and oxygen atoms in total.